The van der Waals surface area contributed by atoms with E-state index in [9.17, 15) is 4.79 Å². The van der Waals surface area contributed by atoms with Gasteiger partial charge in [0, 0.05) is 5.02 Å². The molecule has 1 aliphatic carbocycles. The van der Waals surface area contributed by atoms with Crippen LogP contribution in [-0.2, 0) is 17.6 Å². The Hall–Kier alpha value is -1.06. The average Bonchev–Trinajstić information content (AvgIpc) is 2.64. The summed E-state index contributed by atoms with van der Waals surface area (Å²) < 4.78 is 0. The number of hydrogen-bond donors (Lipinski definition) is 2. The lowest BCUT2D eigenvalue weighted by molar-refractivity contribution is -0.138. The van der Waals surface area contributed by atoms with E-state index in [0.717, 1.165) is 30.4 Å². The average molecular weight is 226 g/mol. The van der Waals surface area contributed by atoms with Gasteiger partial charge in [-0.1, -0.05) is 17.7 Å². The molecule has 0 heterocycles. The molecule has 0 fully saturated rings. The van der Waals surface area contributed by atoms with Crippen LogP contribution in [0.5, 0.6) is 0 Å². The summed E-state index contributed by atoms with van der Waals surface area (Å²) in [5, 5.41) is 9.46. The zero-order valence-corrected chi connectivity index (χ0v) is 8.92. The summed E-state index contributed by atoms with van der Waals surface area (Å²) in [5.41, 5.74) is 8.43. The number of nitrogens with two attached hydrogens (primary N) is 1. The van der Waals surface area contributed by atoms with Crippen LogP contribution in [-0.4, -0.2) is 11.1 Å². The third-order valence-corrected chi connectivity index (χ3v) is 3.15. The number of fused-ring (bicyclic) bond motifs is 1. The van der Waals surface area contributed by atoms with Crippen LogP contribution in [0.1, 0.15) is 29.2 Å². The molecule has 0 amide bonds. The molecule has 1 atom stereocenters. The van der Waals surface area contributed by atoms with Crippen LogP contribution in [0.4, 0.5) is 0 Å². The van der Waals surface area contributed by atoms with Crippen LogP contribution in [0.3, 0.4) is 0 Å². The van der Waals surface area contributed by atoms with Gasteiger partial charge < -0.3 is 10.8 Å². The molecule has 0 spiro atoms. The fourth-order valence-corrected chi connectivity index (χ4v) is 2.34. The highest BCUT2D eigenvalue weighted by molar-refractivity contribution is 6.31. The fraction of sp³-hybridized carbons (Fsp3) is 0.364. The minimum Gasteiger partial charge on any atom is -0.480 e. The molecule has 0 radical (unpaired) electrons. The van der Waals surface area contributed by atoms with Crippen LogP contribution in [0, 0.1) is 0 Å². The molecule has 3 N–H and O–H groups in total. The van der Waals surface area contributed by atoms with Gasteiger partial charge in [0.1, 0.15) is 6.04 Å². The Morgan fingerprint density at radius 3 is 2.87 bits per heavy atom. The van der Waals surface area contributed by atoms with E-state index in [0.29, 0.717) is 10.6 Å². The number of carboxylic acids is 1. The molecule has 0 bridgehead atoms. The number of benzene rings is 1. The summed E-state index contributed by atoms with van der Waals surface area (Å²) in [6.07, 6.45) is 3.03. The summed E-state index contributed by atoms with van der Waals surface area (Å²) in [4.78, 5) is 10.7. The smallest absolute Gasteiger partial charge is 0.325 e. The lowest BCUT2D eigenvalue weighted by atomic mass is 10.0. The van der Waals surface area contributed by atoms with Crippen LogP contribution < -0.4 is 5.73 Å². The van der Waals surface area contributed by atoms with Gasteiger partial charge in [0.2, 0.25) is 0 Å². The summed E-state index contributed by atoms with van der Waals surface area (Å²) in [6.45, 7) is 0. The maximum absolute atomic E-state index is 10.7. The van der Waals surface area contributed by atoms with Gasteiger partial charge in [-0.25, -0.2) is 0 Å². The number of halogens is 1. The van der Waals surface area contributed by atoms with E-state index >= 15 is 0 Å². The zero-order valence-electron chi connectivity index (χ0n) is 8.16. The monoisotopic (exact) mass is 225 g/mol. The minimum atomic E-state index is -1.02. The van der Waals surface area contributed by atoms with Crippen molar-refractivity contribution in [3.63, 3.8) is 0 Å². The molecule has 1 aliphatic rings. The Kier molecular flexibility index (Phi) is 2.67. The van der Waals surface area contributed by atoms with Gasteiger partial charge >= 0.3 is 5.97 Å². The highest BCUT2D eigenvalue weighted by Crippen LogP contribution is 2.31. The maximum Gasteiger partial charge on any atom is 0.325 e. The van der Waals surface area contributed by atoms with Crippen molar-refractivity contribution in [1.29, 1.82) is 0 Å². The topological polar surface area (TPSA) is 63.3 Å². The molecule has 0 aliphatic heterocycles. The van der Waals surface area contributed by atoms with Crippen molar-refractivity contribution in [3.8, 4) is 0 Å². The van der Waals surface area contributed by atoms with Gasteiger partial charge in [-0.05, 0) is 42.0 Å². The molecule has 0 saturated heterocycles. The van der Waals surface area contributed by atoms with E-state index in [4.69, 9.17) is 22.4 Å². The number of aliphatic carboxylic acids is 1. The van der Waals surface area contributed by atoms with Gasteiger partial charge in [-0.2, -0.15) is 0 Å². The van der Waals surface area contributed by atoms with Crippen LogP contribution in [0.15, 0.2) is 12.1 Å². The van der Waals surface area contributed by atoms with Crippen molar-refractivity contribution >= 4 is 17.6 Å². The van der Waals surface area contributed by atoms with Crippen molar-refractivity contribution in [2.24, 2.45) is 5.73 Å². The molecule has 1 unspecified atom stereocenters. The van der Waals surface area contributed by atoms with E-state index in [1.54, 1.807) is 6.07 Å². The molecule has 0 saturated carbocycles. The predicted octanol–water partition coefficient (Wildman–Crippen LogP) is 1.91. The SMILES string of the molecule is NC(C(=O)O)c1cc(Cl)c2c(c1)CCC2. The highest BCUT2D eigenvalue weighted by atomic mass is 35.5. The second-order valence-electron chi connectivity index (χ2n) is 3.81. The van der Waals surface area contributed by atoms with Gasteiger partial charge in [-0.3, -0.25) is 4.79 Å². The van der Waals surface area contributed by atoms with E-state index in [1.807, 2.05) is 6.07 Å². The van der Waals surface area contributed by atoms with Crippen molar-refractivity contribution in [2.45, 2.75) is 25.3 Å². The van der Waals surface area contributed by atoms with Crippen molar-refractivity contribution < 1.29 is 9.90 Å². The van der Waals surface area contributed by atoms with Crippen molar-refractivity contribution in [1.82, 2.24) is 0 Å². The number of carbonyl (C=O) groups is 1. The number of aryl methyl sites for hydroxylation is 1. The zero-order chi connectivity index (χ0) is 11.0. The lowest BCUT2D eigenvalue weighted by Gasteiger charge is -2.10. The number of carboxylic acid groups (broad SMARTS) is 1. The predicted molar refractivity (Wildman–Crippen MR) is 58.0 cm³/mol. The molecular weight excluding hydrogens is 214 g/mol. The second-order valence-corrected chi connectivity index (χ2v) is 4.22. The first-order valence-electron chi connectivity index (χ1n) is 4.89. The first kappa shape index (κ1) is 10.5. The molecule has 4 heteroatoms. The van der Waals surface area contributed by atoms with Crippen LogP contribution >= 0.6 is 11.6 Å². The second kappa shape index (κ2) is 3.83. The first-order valence-corrected chi connectivity index (χ1v) is 5.27. The summed E-state index contributed by atoms with van der Waals surface area (Å²) in [5.74, 6) is -1.02. The van der Waals surface area contributed by atoms with Crippen LogP contribution in [0.25, 0.3) is 0 Å². The quantitative estimate of drug-likeness (QED) is 0.808. The molecule has 15 heavy (non-hydrogen) atoms. The van der Waals surface area contributed by atoms with E-state index in [-0.39, 0.29) is 0 Å². The number of hydrogen-bond acceptors (Lipinski definition) is 2. The molecule has 1 aromatic carbocycles. The Morgan fingerprint density at radius 2 is 2.20 bits per heavy atom. The number of rotatable bonds is 2. The minimum absolute atomic E-state index is 0.591. The Balaban J connectivity index is 2.43. The Bertz CT molecular complexity index is 417. The van der Waals surface area contributed by atoms with E-state index in [2.05, 4.69) is 0 Å². The fourth-order valence-electron chi connectivity index (χ4n) is 2.00. The molecule has 1 aromatic rings. The van der Waals surface area contributed by atoms with Gasteiger partial charge in [0.15, 0.2) is 0 Å². The molecule has 80 valence electrons. The maximum atomic E-state index is 10.7. The molecule has 3 nitrogen and oxygen atoms in total. The van der Waals surface area contributed by atoms with Crippen LogP contribution in [0.2, 0.25) is 5.02 Å². The van der Waals surface area contributed by atoms with Gasteiger partial charge in [-0.15, -0.1) is 0 Å². The largest absolute Gasteiger partial charge is 0.480 e. The summed E-state index contributed by atoms with van der Waals surface area (Å²) in [6, 6.07) is 2.56. The molecule has 2 rings (SSSR count). The standard InChI is InChI=1S/C11H12ClNO2/c12-9-5-7(10(13)11(14)15)4-6-2-1-3-8(6)9/h4-5,10H,1-3,13H2,(H,14,15). The normalized spacial score (nSPS) is 16.1. The molecule has 0 aromatic heterocycles. The third-order valence-electron chi connectivity index (χ3n) is 2.81. The first-order chi connectivity index (χ1) is 7.09. The Labute approximate surface area is 92.8 Å². The molecular formula is C11H12ClNO2. The van der Waals surface area contributed by atoms with Gasteiger partial charge in [0.25, 0.3) is 0 Å². The van der Waals surface area contributed by atoms with Gasteiger partial charge in [0.05, 0.1) is 0 Å². The summed E-state index contributed by atoms with van der Waals surface area (Å²) >= 11 is 6.08. The Morgan fingerprint density at radius 1 is 1.47 bits per heavy atom. The summed E-state index contributed by atoms with van der Waals surface area (Å²) in [7, 11) is 0. The highest BCUT2D eigenvalue weighted by Gasteiger charge is 2.20. The van der Waals surface area contributed by atoms with E-state index in [1.165, 1.54) is 0 Å². The van der Waals surface area contributed by atoms with E-state index < -0.39 is 12.0 Å². The van der Waals surface area contributed by atoms with Crippen molar-refractivity contribution in [3.05, 3.63) is 33.8 Å². The lowest BCUT2D eigenvalue weighted by Crippen LogP contribution is -2.20. The van der Waals surface area contributed by atoms with Crippen molar-refractivity contribution in [2.75, 3.05) is 0 Å². The third kappa shape index (κ3) is 1.85.